The lowest BCUT2D eigenvalue weighted by Crippen LogP contribution is -2.70. The van der Waals surface area contributed by atoms with Crippen molar-refractivity contribution in [2.24, 2.45) is 22.9 Å². The minimum absolute atomic E-state index is 0.0157. The van der Waals surface area contributed by atoms with Gasteiger partial charge in [0.2, 0.25) is 5.79 Å². The van der Waals surface area contributed by atoms with Gasteiger partial charge in [-0.3, -0.25) is 15.0 Å². The van der Waals surface area contributed by atoms with Gasteiger partial charge in [0.25, 0.3) is 5.69 Å². The second-order valence-electron chi connectivity index (χ2n) is 15.8. The van der Waals surface area contributed by atoms with Gasteiger partial charge in [-0.05, 0) is 90.6 Å². The van der Waals surface area contributed by atoms with Gasteiger partial charge >= 0.3 is 6.09 Å². The van der Waals surface area contributed by atoms with Crippen molar-refractivity contribution < 1.29 is 43.7 Å². The maximum absolute atomic E-state index is 14.5. The molecule has 1 amide bonds. The molecule has 7 rings (SSSR count). The second-order valence-corrected chi connectivity index (χ2v) is 15.8. The fourth-order valence-corrected chi connectivity index (χ4v) is 9.74. The summed E-state index contributed by atoms with van der Waals surface area (Å²) in [6.07, 6.45) is 7.98. The highest BCUT2D eigenvalue weighted by Crippen LogP contribution is 2.62. The summed E-state index contributed by atoms with van der Waals surface area (Å²) in [5, 5.41) is 38.2. The highest BCUT2D eigenvalue weighted by Gasteiger charge is 2.65. The van der Waals surface area contributed by atoms with Crippen LogP contribution in [0.25, 0.3) is 10.8 Å². The summed E-state index contributed by atoms with van der Waals surface area (Å²) < 4.78 is 26.6. The van der Waals surface area contributed by atoms with Gasteiger partial charge in [-0.1, -0.05) is 78.7 Å². The Bertz CT molecular complexity index is 2250. The number of unbranched alkanes of at least 4 members (excludes halogenated alkanes) is 2. The first-order valence-electron chi connectivity index (χ1n) is 21.2. The highest BCUT2D eigenvalue weighted by atomic mass is 16.7. The van der Waals surface area contributed by atoms with Gasteiger partial charge in [0.15, 0.2) is 0 Å². The average Bonchev–Trinajstić information content (AvgIpc) is 3.27. The van der Waals surface area contributed by atoms with Gasteiger partial charge in [-0.2, -0.15) is 0 Å². The Morgan fingerprint density at radius 1 is 1.00 bits per heavy atom. The van der Waals surface area contributed by atoms with E-state index in [4.69, 9.17) is 23.8 Å². The number of oxime groups is 1. The third-order valence-corrected chi connectivity index (χ3v) is 12.2. The fourth-order valence-electron chi connectivity index (χ4n) is 9.74. The number of fused-ring (bicyclic) bond motifs is 3. The Balaban J connectivity index is 1.45. The lowest BCUT2D eigenvalue weighted by Gasteiger charge is -2.59. The summed E-state index contributed by atoms with van der Waals surface area (Å²) in [4.78, 5) is 33.0. The molecule has 4 aromatic rings. The van der Waals surface area contributed by atoms with E-state index in [1.54, 1.807) is 36.1 Å². The summed E-state index contributed by atoms with van der Waals surface area (Å²) in [7, 11) is 1.51. The molecule has 1 saturated carbocycles. The third-order valence-electron chi connectivity index (χ3n) is 12.2. The molecule has 3 aliphatic rings. The number of carbonyl (C=O) groups is 1. The van der Waals surface area contributed by atoms with Crippen LogP contribution in [0.15, 0.2) is 114 Å². The van der Waals surface area contributed by atoms with Crippen molar-refractivity contribution in [2.75, 3.05) is 33.5 Å². The number of nitrogens with zero attached hydrogens (tertiary/aromatic N) is 3. The van der Waals surface area contributed by atoms with Crippen LogP contribution in [0.2, 0.25) is 0 Å². The average molecular weight is 834 g/mol. The SMILES string of the molecule is C=CCOC12Oc3ccc(Oc4cccc([N+](=O)[O-])c4)cc3C3C(CCCCO)C(CCCCO)C=C(C(=NOC)CC1N(Cc1cccc4ccccc14)C(=O)OCC)C32. The van der Waals surface area contributed by atoms with Crippen LogP contribution in [-0.2, 0) is 20.9 Å². The Morgan fingerprint density at radius 3 is 2.51 bits per heavy atom. The van der Waals surface area contributed by atoms with Gasteiger partial charge in [0.05, 0.1) is 42.4 Å². The second kappa shape index (κ2) is 19.7. The number of carbonyl (C=O) groups excluding carboxylic acids is 1. The van der Waals surface area contributed by atoms with Crippen LogP contribution in [0, 0.1) is 27.9 Å². The van der Waals surface area contributed by atoms with Crippen LogP contribution in [0.5, 0.6) is 17.2 Å². The van der Waals surface area contributed by atoms with Gasteiger partial charge in [0, 0.05) is 37.2 Å². The van der Waals surface area contributed by atoms with E-state index in [0.717, 1.165) is 53.2 Å². The minimum atomic E-state index is -1.49. The van der Waals surface area contributed by atoms with Crippen molar-refractivity contribution in [3.8, 4) is 17.2 Å². The molecule has 4 aromatic carbocycles. The zero-order valence-corrected chi connectivity index (χ0v) is 34.8. The Morgan fingerprint density at radius 2 is 1.75 bits per heavy atom. The van der Waals surface area contributed by atoms with E-state index in [-0.39, 0.29) is 62.8 Å². The Hall–Kier alpha value is -5.76. The zero-order chi connectivity index (χ0) is 42.9. The molecule has 0 bridgehead atoms. The van der Waals surface area contributed by atoms with Crippen LogP contribution in [0.4, 0.5) is 10.5 Å². The summed E-state index contributed by atoms with van der Waals surface area (Å²) in [5.74, 6) is -0.998. The molecule has 13 heteroatoms. The number of non-ortho nitro benzene ring substituents is 1. The topological polar surface area (TPSA) is 162 Å². The van der Waals surface area contributed by atoms with Crippen LogP contribution < -0.4 is 9.47 Å². The van der Waals surface area contributed by atoms with Crippen molar-refractivity contribution in [2.45, 2.75) is 76.2 Å². The number of benzene rings is 4. The predicted molar refractivity (Wildman–Crippen MR) is 232 cm³/mol. The number of ether oxygens (including phenoxy) is 4. The van der Waals surface area contributed by atoms with E-state index in [9.17, 15) is 25.1 Å². The molecule has 6 unspecified atom stereocenters. The quantitative estimate of drug-likeness (QED) is 0.0403. The molecule has 13 nitrogen and oxygen atoms in total. The number of nitro groups is 1. The maximum Gasteiger partial charge on any atom is 0.410 e. The minimum Gasteiger partial charge on any atom is -0.459 e. The third kappa shape index (κ3) is 9.00. The maximum atomic E-state index is 14.5. The normalized spacial score (nSPS) is 23.2. The number of rotatable bonds is 19. The number of aliphatic hydroxyl groups is 2. The summed E-state index contributed by atoms with van der Waals surface area (Å²) in [6.45, 7) is 6.36. The molecular weight excluding hydrogens is 779 g/mol. The number of allylic oxidation sites excluding steroid dienone is 1. The lowest BCUT2D eigenvalue weighted by atomic mass is 9.55. The first kappa shape index (κ1) is 43.3. The van der Waals surface area contributed by atoms with Crippen LogP contribution in [-0.4, -0.2) is 77.2 Å². The number of hydrogen-bond acceptors (Lipinski definition) is 11. The van der Waals surface area contributed by atoms with Crippen molar-refractivity contribution >= 4 is 28.3 Å². The number of nitro benzene ring substituents is 1. The number of hydrogen-bond donors (Lipinski definition) is 2. The van der Waals surface area contributed by atoms with Gasteiger partial charge in [-0.15, -0.1) is 6.58 Å². The summed E-state index contributed by atoms with van der Waals surface area (Å²) >= 11 is 0. The van der Waals surface area contributed by atoms with Crippen molar-refractivity contribution in [1.82, 2.24) is 4.90 Å². The molecule has 0 radical (unpaired) electrons. The molecule has 1 fully saturated rings. The molecular formula is C48H55N3O10. The lowest BCUT2D eigenvalue weighted by molar-refractivity contribution is -0.384. The fraction of sp³-hybridized carbons (Fsp3) is 0.417. The zero-order valence-electron chi connectivity index (χ0n) is 34.8. The first-order valence-corrected chi connectivity index (χ1v) is 21.2. The molecule has 0 spiro atoms. The van der Waals surface area contributed by atoms with Crippen LogP contribution >= 0.6 is 0 Å². The Labute approximate surface area is 356 Å². The van der Waals surface area contributed by atoms with Crippen molar-refractivity contribution in [3.63, 3.8) is 0 Å². The predicted octanol–water partition coefficient (Wildman–Crippen LogP) is 9.46. The van der Waals surface area contributed by atoms with E-state index in [1.165, 1.54) is 19.2 Å². The molecule has 2 N–H and O–H groups in total. The monoisotopic (exact) mass is 833 g/mol. The molecule has 61 heavy (non-hydrogen) atoms. The van der Waals surface area contributed by atoms with Crippen LogP contribution in [0.3, 0.4) is 0 Å². The molecule has 2 aliphatic carbocycles. The van der Waals surface area contributed by atoms with Gasteiger partial charge < -0.3 is 34.0 Å². The summed E-state index contributed by atoms with van der Waals surface area (Å²) in [6, 6.07) is 24.9. The number of amides is 1. The molecule has 6 atom stereocenters. The van der Waals surface area contributed by atoms with E-state index >= 15 is 0 Å². The highest BCUT2D eigenvalue weighted by molar-refractivity contribution is 6.03. The van der Waals surface area contributed by atoms with Gasteiger partial charge in [-0.25, -0.2) is 4.79 Å². The standard InChI is InChI=1S/C48H55N3O10/c1-4-26-59-48-44(50(47(54)58-5-2)31-34-17-12-16-32-14-6-7-20-38(32)34)30-42(49-57-3)40-27-33(15-8-10-24-52)39(21-9-11-25-53)45(46(40)48)41-29-37(22-23-43(41)61-48)60-36-19-13-18-35(28-36)51(55)56/h4,6-7,12-14,16-20,22-23,27-29,33,39,44-46,52-53H,1,5,8-11,15,21,24-26,30-31H2,2-3H3. The van der Waals surface area contributed by atoms with E-state index in [2.05, 4.69) is 17.8 Å². The van der Waals surface area contributed by atoms with Crippen molar-refractivity contribution in [1.29, 1.82) is 0 Å². The Kier molecular flexibility index (Phi) is 14.0. The smallest absolute Gasteiger partial charge is 0.410 e. The molecule has 0 saturated heterocycles. The van der Waals surface area contributed by atoms with E-state index in [0.29, 0.717) is 35.8 Å². The van der Waals surface area contributed by atoms with Crippen LogP contribution in [0.1, 0.15) is 68.9 Å². The molecule has 1 heterocycles. The molecule has 322 valence electrons. The number of aliphatic hydroxyl groups excluding tert-OH is 2. The van der Waals surface area contributed by atoms with Gasteiger partial charge in [0.1, 0.15) is 30.4 Å². The van der Waals surface area contributed by atoms with E-state index in [1.807, 2.05) is 54.6 Å². The molecule has 0 aromatic heterocycles. The molecule has 1 aliphatic heterocycles. The van der Waals surface area contributed by atoms with Crippen molar-refractivity contribution in [3.05, 3.63) is 130 Å². The summed E-state index contributed by atoms with van der Waals surface area (Å²) in [5.41, 5.74) is 3.23. The largest absolute Gasteiger partial charge is 0.459 e. The van der Waals surface area contributed by atoms with E-state index < -0.39 is 28.8 Å². The first-order chi connectivity index (χ1) is 29.8.